The number of H-pyrrole nitrogens is 1. The molecule has 0 radical (unpaired) electrons. The zero-order chi connectivity index (χ0) is 40.7. The van der Waals surface area contributed by atoms with Crippen LogP contribution in [0.15, 0.2) is 84.0 Å². The highest BCUT2D eigenvalue weighted by Gasteiger charge is 2.33. The van der Waals surface area contributed by atoms with Gasteiger partial charge in [0.15, 0.2) is 5.78 Å². The summed E-state index contributed by atoms with van der Waals surface area (Å²) in [6, 6.07) is 21.5. The van der Waals surface area contributed by atoms with Crippen LogP contribution in [0.1, 0.15) is 106 Å². The zero-order valence-corrected chi connectivity index (χ0v) is 34.7. The van der Waals surface area contributed by atoms with Crippen LogP contribution in [0.5, 0.6) is 5.75 Å². The number of piperidine rings is 1. The predicted molar refractivity (Wildman–Crippen MR) is 232 cm³/mol. The molecule has 2 saturated heterocycles. The van der Waals surface area contributed by atoms with Crippen LogP contribution in [0.4, 0.5) is 4.39 Å². The Labute approximate surface area is 348 Å². The van der Waals surface area contributed by atoms with Crippen molar-refractivity contribution in [2.24, 2.45) is 16.8 Å². The molecule has 4 aromatic rings. The lowest BCUT2D eigenvalue weighted by atomic mass is 9.82. The van der Waals surface area contributed by atoms with Gasteiger partial charge in [-0.25, -0.2) is 14.4 Å². The predicted octanol–water partition coefficient (Wildman–Crippen LogP) is 8.73. The number of piperazine rings is 1. The maximum absolute atomic E-state index is 14.7. The van der Waals surface area contributed by atoms with Gasteiger partial charge in [-0.3, -0.25) is 19.4 Å². The number of imidazole rings is 1. The SMILES string of the molecule is CC1CN(Cc2ccc(-c3cccc(OC4=NC=C(F)CC4C(=O)NC4CCC(CCCC(=O)c5cccc6[nH]cnc56)CC4)c3)c(CN3CCCCC3)c2)CC(C)N1. The molecule has 3 N–H and O–H groups in total. The van der Waals surface area contributed by atoms with Crippen molar-refractivity contribution in [3.8, 4) is 16.9 Å². The normalized spacial score (nSPS) is 24.4. The number of carbonyl (C=O) groups is 2. The number of aromatic nitrogens is 2. The fraction of sp³-hybridized carbons (Fsp3) is 0.500. The highest BCUT2D eigenvalue weighted by molar-refractivity contribution is 6.06. The average molecular weight is 802 g/mol. The van der Waals surface area contributed by atoms with Crippen molar-refractivity contribution in [1.29, 1.82) is 0 Å². The van der Waals surface area contributed by atoms with Gasteiger partial charge in [-0.2, -0.15) is 0 Å². The second-order valence-electron chi connectivity index (χ2n) is 17.6. The number of allylic oxidation sites excluding steroid dienone is 1. The molecule has 59 heavy (non-hydrogen) atoms. The number of likely N-dealkylation sites (tertiary alicyclic amines) is 1. The van der Waals surface area contributed by atoms with Gasteiger partial charge in [0, 0.05) is 62.7 Å². The zero-order valence-electron chi connectivity index (χ0n) is 34.7. The quantitative estimate of drug-likeness (QED) is 0.116. The molecule has 3 fully saturated rings. The number of para-hydroxylation sites is 1. The molecule has 1 amide bonds. The van der Waals surface area contributed by atoms with E-state index in [1.165, 1.54) is 42.2 Å². The van der Waals surface area contributed by atoms with Crippen LogP contribution in [0.2, 0.25) is 0 Å². The molecule has 3 aliphatic heterocycles. The summed E-state index contributed by atoms with van der Waals surface area (Å²) >= 11 is 0. The first kappa shape index (κ1) is 41.0. The number of Topliss-reactive ketones (excluding diaryl/α,β-unsaturated/α-hetero) is 1. The van der Waals surface area contributed by atoms with Gasteiger partial charge >= 0.3 is 0 Å². The van der Waals surface area contributed by atoms with Crippen LogP contribution in [0.3, 0.4) is 0 Å². The Kier molecular flexibility index (Phi) is 13.3. The maximum Gasteiger partial charge on any atom is 0.233 e. The number of aromatic amines is 1. The van der Waals surface area contributed by atoms with E-state index in [2.05, 4.69) is 73.5 Å². The second kappa shape index (κ2) is 19.1. The van der Waals surface area contributed by atoms with Crippen LogP contribution < -0.4 is 15.4 Å². The Morgan fingerprint density at radius 1 is 0.915 bits per heavy atom. The smallest absolute Gasteiger partial charge is 0.233 e. The van der Waals surface area contributed by atoms with Gasteiger partial charge < -0.3 is 20.4 Å². The van der Waals surface area contributed by atoms with Gasteiger partial charge in [-0.05, 0) is 124 Å². The minimum Gasteiger partial charge on any atom is -0.442 e. The van der Waals surface area contributed by atoms with E-state index in [0.717, 1.165) is 94.4 Å². The lowest BCUT2D eigenvalue weighted by Gasteiger charge is -2.36. The number of ether oxygens (including phenoxy) is 1. The highest BCUT2D eigenvalue weighted by Crippen LogP contribution is 2.33. The van der Waals surface area contributed by atoms with Crippen molar-refractivity contribution < 1.29 is 18.7 Å². The minimum absolute atomic E-state index is 0.0101. The van der Waals surface area contributed by atoms with Crippen molar-refractivity contribution in [3.63, 3.8) is 0 Å². The van der Waals surface area contributed by atoms with Crippen LogP contribution >= 0.6 is 0 Å². The molecule has 3 atom stereocenters. The second-order valence-corrected chi connectivity index (χ2v) is 17.6. The Hall–Kier alpha value is -4.71. The summed E-state index contributed by atoms with van der Waals surface area (Å²) in [5.41, 5.74) is 7.14. The summed E-state index contributed by atoms with van der Waals surface area (Å²) in [6.45, 7) is 10.6. The van der Waals surface area contributed by atoms with E-state index >= 15 is 0 Å². The molecule has 11 heteroatoms. The Morgan fingerprint density at radius 3 is 2.53 bits per heavy atom. The largest absolute Gasteiger partial charge is 0.442 e. The Balaban J connectivity index is 0.881. The molecule has 1 aliphatic carbocycles. The number of hydrogen-bond acceptors (Lipinski definition) is 8. The summed E-state index contributed by atoms with van der Waals surface area (Å²) in [5, 5.41) is 6.86. The molecule has 1 saturated carbocycles. The lowest BCUT2D eigenvalue weighted by Crippen LogP contribution is -2.53. The number of amides is 1. The molecule has 1 aromatic heterocycles. The monoisotopic (exact) mass is 801 g/mol. The van der Waals surface area contributed by atoms with E-state index in [-0.39, 0.29) is 30.1 Å². The van der Waals surface area contributed by atoms with Crippen molar-refractivity contribution in [2.75, 3.05) is 26.2 Å². The summed E-state index contributed by atoms with van der Waals surface area (Å²) in [5.74, 6) is -0.106. The Bertz CT molecular complexity index is 2140. The number of fused-ring (bicyclic) bond motifs is 1. The number of nitrogens with one attached hydrogen (secondary N) is 3. The van der Waals surface area contributed by atoms with E-state index in [1.807, 2.05) is 36.4 Å². The molecule has 312 valence electrons. The third kappa shape index (κ3) is 10.5. The molecule has 4 aliphatic rings. The molecule has 3 aromatic carbocycles. The number of hydrogen-bond donors (Lipinski definition) is 3. The molecule has 0 bridgehead atoms. The van der Waals surface area contributed by atoms with Gasteiger partial charge in [0.1, 0.15) is 17.5 Å². The van der Waals surface area contributed by atoms with Gasteiger partial charge in [0.05, 0.1) is 23.6 Å². The average Bonchev–Trinajstić information content (AvgIpc) is 3.72. The lowest BCUT2D eigenvalue weighted by molar-refractivity contribution is -0.124. The first-order valence-electron chi connectivity index (χ1n) is 22.0. The maximum atomic E-state index is 14.7. The van der Waals surface area contributed by atoms with Crippen LogP contribution in [0, 0.1) is 11.8 Å². The van der Waals surface area contributed by atoms with Crippen LogP contribution in [0.25, 0.3) is 22.2 Å². The van der Waals surface area contributed by atoms with Crippen LogP contribution in [-0.4, -0.2) is 81.7 Å². The minimum atomic E-state index is -0.851. The topological polar surface area (TPSA) is 115 Å². The van der Waals surface area contributed by atoms with E-state index in [1.54, 1.807) is 6.33 Å². The molecule has 8 rings (SSSR count). The fourth-order valence-corrected chi connectivity index (χ4v) is 9.83. The number of nitrogens with zero attached hydrogens (tertiary/aromatic N) is 4. The first-order chi connectivity index (χ1) is 28.7. The van der Waals surface area contributed by atoms with E-state index in [0.29, 0.717) is 35.7 Å². The number of rotatable bonds is 13. The first-order valence-corrected chi connectivity index (χ1v) is 22.0. The number of carbonyl (C=O) groups excluding carboxylic acids is 2. The van der Waals surface area contributed by atoms with E-state index in [4.69, 9.17) is 4.74 Å². The standard InChI is InChI=1S/C48H60FN7O3/c1-32-27-56(28-33(2)53-32)29-35-17-20-41(37(23-35)30-55-21-4-3-5-22-55)36-10-7-11-40(24-36)59-48-43(25-38(49)26-50-48)47(58)54-39-18-15-34(16-19-39)9-6-14-45(57)42-12-8-13-44-46(42)52-31-51-44/h7-8,10-13,17,20,23-24,26,31-34,39,43,53H,3-6,9,14-16,18-19,21-22,25,27-30H2,1-2H3,(H,51,52)(H,54,58). The van der Waals surface area contributed by atoms with Crippen molar-refractivity contribution in [1.82, 2.24) is 30.4 Å². The molecule has 0 spiro atoms. The number of halogens is 1. The van der Waals surface area contributed by atoms with Gasteiger partial charge in [0.2, 0.25) is 11.8 Å². The van der Waals surface area contributed by atoms with Gasteiger partial charge in [-0.1, -0.05) is 49.2 Å². The Morgan fingerprint density at radius 2 is 1.71 bits per heavy atom. The summed E-state index contributed by atoms with van der Waals surface area (Å²) < 4.78 is 21.1. The number of benzene rings is 3. The molecule has 4 heterocycles. The fourth-order valence-electron chi connectivity index (χ4n) is 9.83. The molecule has 10 nitrogen and oxygen atoms in total. The summed E-state index contributed by atoms with van der Waals surface area (Å²) in [6.07, 6.45) is 12.4. The van der Waals surface area contributed by atoms with Gasteiger partial charge in [-0.15, -0.1) is 0 Å². The molecule has 3 unspecified atom stereocenters. The van der Waals surface area contributed by atoms with E-state index < -0.39 is 11.7 Å². The van der Waals surface area contributed by atoms with Crippen LogP contribution in [-0.2, 0) is 17.9 Å². The molecular formula is C48H60FN7O3. The number of ketones is 1. The summed E-state index contributed by atoms with van der Waals surface area (Å²) in [7, 11) is 0. The summed E-state index contributed by atoms with van der Waals surface area (Å²) in [4.78, 5) is 43.6. The van der Waals surface area contributed by atoms with Crippen molar-refractivity contribution in [2.45, 2.75) is 116 Å². The van der Waals surface area contributed by atoms with Gasteiger partial charge in [0.25, 0.3) is 0 Å². The third-order valence-corrected chi connectivity index (χ3v) is 12.7. The molecular weight excluding hydrogens is 742 g/mol. The number of aliphatic imine (C=N–C) groups is 1. The highest BCUT2D eigenvalue weighted by atomic mass is 19.1. The van der Waals surface area contributed by atoms with Crippen molar-refractivity contribution in [3.05, 3.63) is 95.7 Å². The van der Waals surface area contributed by atoms with Crippen molar-refractivity contribution >= 4 is 28.6 Å². The van der Waals surface area contributed by atoms with E-state index in [9.17, 15) is 14.0 Å². The third-order valence-electron chi connectivity index (χ3n) is 12.7.